The van der Waals surface area contributed by atoms with Gasteiger partial charge in [0, 0.05) is 0 Å². The highest BCUT2D eigenvalue weighted by molar-refractivity contribution is 5.82. The van der Waals surface area contributed by atoms with Gasteiger partial charge in [0.2, 0.25) is 11.8 Å². The van der Waals surface area contributed by atoms with Crippen molar-refractivity contribution >= 4 is 12.2 Å². The summed E-state index contributed by atoms with van der Waals surface area (Å²) in [6, 6.07) is 0. The van der Waals surface area contributed by atoms with Crippen molar-refractivity contribution in [1.82, 2.24) is 0 Å². The van der Waals surface area contributed by atoms with E-state index in [0.29, 0.717) is 6.21 Å². The maximum Gasteiger partial charge on any atom is 0.211 e. The van der Waals surface area contributed by atoms with Crippen molar-refractivity contribution in [1.29, 1.82) is 0 Å². The molecule has 0 aliphatic rings. The lowest BCUT2D eigenvalue weighted by Gasteiger charge is -2.02. The number of benzene rings is 1. The Hall–Kier alpha value is -2.19. The van der Waals surface area contributed by atoms with Gasteiger partial charge >= 0.3 is 0 Å². The van der Waals surface area contributed by atoms with Gasteiger partial charge in [-0.3, -0.25) is 0 Å². The summed E-state index contributed by atoms with van der Waals surface area (Å²) < 4.78 is 64.0. The predicted molar refractivity (Wildman–Crippen MR) is 49.6 cm³/mol. The van der Waals surface area contributed by atoms with Gasteiger partial charge < -0.3 is 11.5 Å². The maximum absolute atomic E-state index is 13.0. The van der Waals surface area contributed by atoms with Gasteiger partial charge in [0.15, 0.2) is 23.3 Å². The number of guanidine groups is 1. The van der Waals surface area contributed by atoms with E-state index >= 15 is 0 Å². The molecule has 0 saturated carbocycles. The number of hydrogen-bond donors (Lipinski definition) is 2. The van der Waals surface area contributed by atoms with Crippen LogP contribution in [0.1, 0.15) is 5.56 Å². The van der Waals surface area contributed by atoms with Crippen LogP contribution in [0.2, 0.25) is 0 Å². The number of rotatable bonds is 2. The standard InChI is InChI=1S/C8H5F5N4/c9-3-2(1-16-17-8(14)15)4(10)6(12)7(13)5(3)11/h1H,(H4,14,15,17). The summed E-state index contributed by atoms with van der Waals surface area (Å²) in [4.78, 5) is 0. The van der Waals surface area contributed by atoms with E-state index in [1.165, 1.54) is 0 Å². The zero-order chi connectivity index (χ0) is 13.2. The first-order valence-electron chi connectivity index (χ1n) is 3.99. The van der Waals surface area contributed by atoms with E-state index in [1.54, 1.807) is 0 Å². The molecule has 0 heterocycles. The summed E-state index contributed by atoms with van der Waals surface area (Å²) in [5.74, 6) is -11.0. The van der Waals surface area contributed by atoms with Crippen LogP contribution in [-0.4, -0.2) is 12.2 Å². The Morgan fingerprint density at radius 1 is 0.824 bits per heavy atom. The second-order valence-corrected chi connectivity index (χ2v) is 2.75. The fourth-order valence-electron chi connectivity index (χ4n) is 0.888. The van der Waals surface area contributed by atoms with Gasteiger partial charge in [-0.15, -0.1) is 5.10 Å². The van der Waals surface area contributed by atoms with Crippen LogP contribution in [-0.2, 0) is 0 Å². The fraction of sp³-hybridized carbons (Fsp3) is 0. The van der Waals surface area contributed by atoms with Crippen LogP contribution in [0.4, 0.5) is 22.0 Å². The molecular formula is C8H5F5N4. The van der Waals surface area contributed by atoms with Gasteiger partial charge in [-0.05, 0) is 0 Å². The van der Waals surface area contributed by atoms with Crippen molar-refractivity contribution < 1.29 is 22.0 Å². The monoisotopic (exact) mass is 252 g/mol. The molecule has 92 valence electrons. The van der Waals surface area contributed by atoms with Crippen LogP contribution >= 0.6 is 0 Å². The largest absolute Gasteiger partial charge is 0.369 e. The summed E-state index contributed by atoms with van der Waals surface area (Å²) in [6.45, 7) is 0. The van der Waals surface area contributed by atoms with Crippen molar-refractivity contribution in [2.75, 3.05) is 0 Å². The molecule has 1 rings (SSSR count). The summed E-state index contributed by atoms with van der Waals surface area (Å²) in [6.07, 6.45) is 0.315. The van der Waals surface area contributed by atoms with Crippen molar-refractivity contribution in [2.24, 2.45) is 21.7 Å². The minimum absolute atomic E-state index is 0.315. The highest BCUT2D eigenvalue weighted by atomic mass is 19.2. The molecule has 4 nitrogen and oxygen atoms in total. The zero-order valence-corrected chi connectivity index (χ0v) is 8.02. The smallest absolute Gasteiger partial charge is 0.211 e. The molecule has 17 heavy (non-hydrogen) atoms. The molecule has 4 N–H and O–H groups in total. The Balaban J connectivity index is 3.35. The average Bonchev–Trinajstić information content (AvgIpc) is 2.28. The molecule has 0 bridgehead atoms. The molecule has 1 aromatic rings. The van der Waals surface area contributed by atoms with Gasteiger partial charge in [-0.1, -0.05) is 0 Å². The molecule has 0 atom stereocenters. The SMILES string of the molecule is NC(N)=NN=Cc1c(F)c(F)c(F)c(F)c1F. The third-order valence-corrected chi connectivity index (χ3v) is 1.60. The predicted octanol–water partition coefficient (Wildman–Crippen LogP) is 0.989. The molecule has 0 radical (unpaired) electrons. The molecule has 1 aromatic carbocycles. The van der Waals surface area contributed by atoms with Crippen LogP contribution in [0.15, 0.2) is 10.2 Å². The molecule has 9 heteroatoms. The van der Waals surface area contributed by atoms with Gasteiger partial charge in [0.1, 0.15) is 0 Å². The summed E-state index contributed by atoms with van der Waals surface area (Å²) in [5.41, 5.74) is 8.44. The Kier molecular flexibility index (Phi) is 3.61. The van der Waals surface area contributed by atoms with E-state index in [-0.39, 0.29) is 0 Å². The first kappa shape index (κ1) is 12.9. The van der Waals surface area contributed by atoms with E-state index in [0.717, 1.165) is 0 Å². The molecule has 0 saturated heterocycles. The number of nitrogens with two attached hydrogens (primary N) is 2. The third-order valence-electron chi connectivity index (χ3n) is 1.60. The van der Waals surface area contributed by atoms with Gasteiger partial charge in [-0.2, -0.15) is 5.10 Å². The lowest BCUT2D eigenvalue weighted by molar-refractivity contribution is 0.377. The highest BCUT2D eigenvalue weighted by Gasteiger charge is 2.24. The summed E-state index contributed by atoms with van der Waals surface area (Å²) in [5, 5.41) is 5.91. The van der Waals surface area contributed by atoms with E-state index in [2.05, 4.69) is 10.2 Å². The average molecular weight is 252 g/mol. The lowest BCUT2D eigenvalue weighted by atomic mass is 10.2. The quantitative estimate of drug-likeness (QED) is 0.205. The Bertz CT molecular complexity index is 478. The Morgan fingerprint density at radius 3 is 1.65 bits per heavy atom. The molecule has 0 aliphatic heterocycles. The summed E-state index contributed by atoms with van der Waals surface area (Å²) >= 11 is 0. The van der Waals surface area contributed by atoms with Gasteiger partial charge in [0.25, 0.3) is 0 Å². The Morgan fingerprint density at radius 2 is 1.24 bits per heavy atom. The molecule has 0 unspecified atom stereocenters. The van der Waals surface area contributed by atoms with Crippen molar-refractivity contribution in [2.45, 2.75) is 0 Å². The molecule has 0 amide bonds. The molecule has 0 spiro atoms. The van der Waals surface area contributed by atoms with Crippen LogP contribution in [0, 0.1) is 29.1 Å². The minimum atomic E-state index is -2.25. The summed E-state index contributed by atoms with van der Waals surface area (Å²) in [7, 11) is 0. The second-order valence-electron chi connectivity index (χ2n) is 2.75. The van der Waals surface area contributed by atoms with E-state index in [4.69, 9.17) is 11.5 Å². The fourth-order valence-corrected chi connectivity index (χ4v) is 0.888. The van der Waals surface area contributed by atoms with Crippen LogP contribution in [0.5, 0.6) is 0 Å². The van der Waals surface area contributed by atoms with Crippen molar-refractivity contribution in [3.05, 3.63) is 34.6 Å². The maximum atomic E-state index is 13.0. The number of halogens is 5. The van der Waals surface area contributed by atoms with Gasteiger partial charge in [0.05, 0.1) is 11.8 Å². The van der Waals surface area contributed by atoms with Crippen molar-refractivity contribution in [3.8, 4) is 0 Å². The molecule has 0 fully saturated rings. The molecule has 0 aromatic heterocycles. The molecular weight excluding hydrogens is 247 g/mol. The number of nitrogens with zero attached hydrogens (tertiary/aromatic N) is 2. The van der Waals surface area contributed by atoms with E-state index in [1.807, 2.05) is 0 Å². The highest BCUT2D eigenvalue weighted by Crippen LogP contribution is 2.21. The first-order valence-corrected chi connectivity index (χ1v) is 3.99. The van der Waals surface area contributed by atoms with Crippen LogP contribution in [0.3, 0.4) is 0 Å². The lowest BCUT2D eigenvalue weighted by Crippen LogP contribution is -2.21. The minimum Gasteiger partial charge on any atom is -0.369 e. The second kappa shape index (κ2) is 4.76. The third kappa shape index (κ3) is 2.49. The van der Waals surface area contributed by atoms with E-state index < -0.39 is 40.6 Å². The van der Waals surface area contributed by atoms with Gasteiger partial charge in [-0.25, -0.2) is 22.0 Å². The molecule has 0 aliphatic carbocycles. The van der Waals surface area contributed by atoms with Crippen LogP contribution < -0.4 is 11.5 Å². The van der Waals surface area contributed by atoms with E-state index in [9.17, 15) is 22.0 Å². The normalized spacial score (nSPS) is 10.9. The Labute approximate surface area is 91.4 Å². The van der Waals surface area contributed by atoms with Crippen molar-refractivity contribution in [3.63, 3.8) is 0 Å². The zero-order valence-electron chi connectivity index (χ0n) is 8.02. The number of hydrogen-bond acceptors (Lipinski definition) is 2. The topological polar surface area (TPSA) is 76.8 Å². The van der Waals surface area contributed by atoms with Crippen LogP contribution in [0.25, 0.3) is 0 Å². The first-order chi connectivity index (χ1) is 7.86.